The monoisotopic (exact) mass is 259 g/mol. The van der Waals surface area contributed by atoms with E-state index in [1.807, 2.05) is 0 Å². The van der Waals surface area contributed by atoms with Crippen LogP contribution in [0.4, 0.5) is 0 Å². The SMILES string of the molecule is CCCCCSCCCC(C)(CO)NC1CC1. The molecule has 0 aromatic rings. The minimum atomic E-state index is -0.0366. The molecule has 0 heterocycles. The second kappa shape index (κ2) is 8.39. The molecule has 0 spiro atoms. The van der Waals surface area contributed by atoms with Crippen molar-refractivity contribution in [3.8, 4) is 0 Å². The van der Waals surface area contributed by atoms with E-state index in [0.29, 0.717) is 6.04 Å². The molecule has 0 aromatic carbocycles. The predicted molar refractivity (Wildman–Crippen MR) is 77.7 cm³/mol. The molecule has 1 aliphatic rings. The van der Waals surface area contributed by atoms with Crippen LogP contribution in [0.1, 0.15) is 58.8 Å². The molecular weight excluding hydrogens is 230 g/mol. The third-order valence-corrected chi connectivity index (χ3v) is 4.54. The summed E-state index contributed by atoms with van der Waals surface area (Å²) < 4.78 is 0. The first-order chi connectivity index (χ1) is 8.20. The summed E-state index contributed by atoms with van der Waals surface area (Å²) in [6.07, 6.45) is 8.94. The van der Waals surface area contributed by atoms with E-state index in [9.17, 15) is 5.11 Å². The van der Waals surface area contributed by atoms with E-state index in [0.717, 1.165) is 6.42 Å². The van der Waals surface area contributed by atoms with E-state index >= 15 is 0 Å². The fourth-order valence-electron chi connectivity index (χ4n) is 2.04. The van der Waals surface area contributed by atoms with Gasteiger partial charge in [0.05, 0.1) is 6.61 Å². The Balaban J connectivity index is 1.98. The average Bonchev–Trinajstić information content (AvgIpc) is 3.12. The summed E-state index contributed by atoms with van der Waals surface area (Å²) in [6.45, 7) is 4.68. The quantitative estimate of drug-likeness (QED) is 0.559. The molecule has 17 heavy (non-hydrogen) atoms. The van der Waals surface area contributed by atoms with Crippen molar-refractivity contribution in [3.05, 3.63) is 0 Å². The Morgan fingerprint density at radius 1 is 1.24 bits per heavy atom. The van der Waals surface area contributed by atoms with Crippen molar-refractivity contribution in [1.82, 2.24) is 5.32 Å². The van der Waals surface area contributed by atoms with Gasteiger partial charge in [-0.3, -0.25) is 0 Å². The highest BCUT2D eigenvalue weighted by Gasteiger charge is 2.31. The summed E-state index contributed by atoms with van der Waals surface area (Å²) in [6, 6.07) is 0.685. The number of aliphatic hydroxyl groups is 1. The molecule has 1 unspecified atom stereocenters. The fraction of sp³-hybridized carbons (Fsp3) is 1.00. The number of hydrogen-bond acceptors (Lipinski definition) is 3. The summed E-state index contributed by atoms with van der Waals surface area (Å²) in [7, 11) is 0. The van der Waals surface area contributed by atoms with Crippen LogP contribution in [0, 0.1) is 0 Å². The first-order valence-corrected chi connectivity index (χ1v) is 8.32. The number of aliphatic hydroxyl groups excluding tert-OH is 1. The van der Waals surface area contributed by atoms with Gasteiger partial charge in [-0.25, -0.2) is 0 Å². The number of thioether (sulfide) groups is 1. The molecule has 0 radical (unpaired) electrons. The standard InChI is InChI=1S/C14H29NOS/c1-3-4-5-10-17-11-6-9-14(2,12-16)15-13-7-8-13/h13,15-16H,3-12H2,1-2H3. The van der Waals surface area contributed by atoms with Crippen LogP contribution in [0.25, 0.3) is 0 Å². The van der Waals surface area contributed by atoms with Gasteiger partial charge in [0.1, 0.15) is 0 Å². The van der Waals surface area contributed by atoms with Crippen molar-refractivity contribution in [3.63, 3.8) is 0 Å². The minimum absolute atomic E-state index is 0.0366. The van der Waals surface area contributed by atoms with Crippen LogP contribution in [0.2, 0.25) is 0 Å². The number of unbranched alkanes of at least 4 members (excludes halogenated alkanes) is 2. The van der Waals surface area contributed by atoms with Gasteiger partial charge in [-0.2, -0.15) is 11.8 Å². The lowest BCUT2D eigenvalue weighted by atomic mass is 9.97. The highest BCUT2D eigenvalue weighted by Crippen LogP contribution is 2.25. The first-order valence-electron chi connectivity index (χ1n) is 7.16. The molecule has 0 bridgehead atoms. The minimum Gasteiger partial charge on any atom is -0.394 e. The molecule has 2 nitrogen and oxygen atoms in total. The van der Waals surface area contributed by atoms with E-state index in [1.54, 1.807) is 0 Å². The van der Waals surface area contributed by atoms with Crippen LogP contribution in [0.3, 0.4) is 0 Å². The summed E-state index contributed by atoms with van der Waals surface area (Å²) in [5.41, 5.74) is -0.0366. The molecule has 1 atom stereocenters. The predicted octanol–water partition coefficient (Wildman–Crippen LogP) is 3.19. The number of nitrogens with one attached hydrogen (secondary N) is 1. The van der Waals surface area contributed by atoms with Crippen molar-refractivity contribution in [1.29, 1.82) is 0 Å². The zero-order valence-electron chi connectivity index (χ0n) is 11.5. The van der Waals surface area contributed by atoms with Gasteiger partial charge in [-0.05, 0) is 50.5 Å². The third kappa shape index (κ3) is 7.32. The van der Waals surface area contributed by atoms with E-state index in [-0.39, 0.29) is 12.1 Å². The lowest BCUT2D eigenvalue weighted by molar-refractivity contribution is 0.163. The molecule has 102 valence electrons. The van der Waals surface area contributed by atoms with E-state index in [4.69, 9.17) is 0 Å². The van der Waals surface area contributed by atoms with Gasteiger partial charge in [0.25, 0.3) is 0 Å². The molecule has 1 rings (SSSR count). The molecular formula is C14H29NOS. The highest BCUT2D eigenvalue weighted by molar-refractivity contribution is 7.99. The third-order valence-electron chi connectivity index (χ3n) is 3.39. The number of hydrogen-bond donors (Lipinski definition) is 2. The molecule has 1 aliphatic carbocycles. The number of rotatable bonds is 11. The van der Waals surface area contributed by atoms with E-state index in [2.05, 4.69) is 30.9 Å². The van der Waals surface area contributed by atoms with Crippen LogP contribution in [-0.2, 0) is 0 Å². The van der Waals surface area contributed by atoms with Crippen LogP contribution in [0.15, 0.2) is 0 Å². The van der Waals surface area contributed by atoms with Crippen LogP contribution >= 0.6 is 11.8 Å². The smallest absolute Gasteiger partial charge is 0.0610 e. The van der Waals surface area contributed by atoms with Gasteiger partial charge in [0.15, 0.2) is 0 Å². The zero-order valence-corrected chi connectivity index (χ0v) is 12.3. The summed E-state index contributed by atoms with van der Waals surface area (Å²) in [5.74, 6) is 2.55. The van der Waals surface area contributed by atoms with E-state index in [1.165, 1.54) is 50.0 Å². The maximum Gasteiger partial charge on any atom is 0.0610 e. The molecule has 0 aromatic heterocycles. The Bertz CT molecular complexity index is 197. The van der Waals surface area contributed by atoms with Crippen LogP contribution < -0.4 is 5.32 Å². The lowest BCUT2D eigenvalue weighted by Crippen LogP contribution is -2.47. The molecule has 0 saturated heterocycles. The Hall–Kier alpha value is 0.270. The molecule has 1 fully saturated rings. The van der Waals surface area contributed by atoms with Gasteiger partial charge in [-0.1, -0.05) is 19.8 Å². The van der Waals surface area contributed by atoms with Crippen LogP contribution in [0.5, 0.6) is 0 Å². The van der Waals surface area contributed by atoms with Gasteiger partial charge in [0.2, 0.25) is 0 Å². The largest absolute Gasteiger partial charge is 0.394 e. The molecule has 3 heteroatoms. The summed E-state index contributed by atoms with van der Waals surface area (Å²) >= 11 is 2.07. The van der Waals surface area contributed by atoms with Gasteiger partial charge < -0.3 is 10.4 Å². The normalized spacial score (nSPS) is 19.2. The molecule has 0 aliphatic heterocycles. The lowest BCUT2D eigenvalue weighted by Gasteiger charge is -2.29. The molecule has 2 N–H and O–H groups in total. The maximum atomic E-state index is 9.47. The summed E-state index contributed by atoms with van der Waals surface area (Å²) in [4.78, 5) is 0. The Labute approximate surface area is 111 Å². The average molecular weight is 259 g/mol. The van der Waals surface area contributed by atoms with Gasteiger partial charge in [0, 0.05) is 11.6 Å². The van der Waals surface area contributed by atoms with Crippen molar-refractivity contribution in [2.24, 2.45) is 0 Å². The Kier molecular flexibility index (Phi) is 7.56. The highest BCUT2D eigenvalue weighted by atomic mass is 32.2. The first kappa shape index (κ1) is 15.3. The van der Waals surface area contributed by atoms with Crippen molar-refractivity contribution >= 4 is 11.8 Å². The topological polar surface area (TPSA) is 32.3 Å². The fourth-order valence-corrected chi connectivity index (χ4v) is 3.00. The Morgan fingerprint density at radius 3 is 2.53 bits per heavy atom. The van der Waals surface area contributed by atoms with Crippen molar-refractivity contribution < 1.29 is 5.11 Å². The summed E-state index contributed by atoms with van der Waals surface area (Å²) in [5, 5.41) is 13.0. The maximum absolute atomic E-state index is 9.47. The van der Waals surface area contributed by atoms with Crippen LogP contribution in [-0.4, -0.2) is 34.8 Å². The zero-order chi connectivity index (χ0) is 12.6. The van der Waals surface area contributed by atoms with Crippen molar-refractivity contribution in [2.45, 2.75) is 70.4 Å². The molecule has 1 saturated carbocycles. The van der Waals surface area contributed by atoms with Crippen molar-refractivity contribution in [2.75, 3.05) is 18.1 Å². The second-order valence-corrected chi connectivity index (χ2v) is 6.79. The molecule has 0 amide bonds. The van der Waals surface area contributed by atoms with Gasteiger partial charge >= 0.3 is 0 Å². The van der Waals surface area contributed by atoms with E-state index < -0.39 is 0 Å². The Morgan fingerprint density at radius 2 is 1.94 bits per heavy atom. The second-order valence-electron chi connectivity index (χ2n) is 5.56. The van der Waals surface area contributed by atoms with Gasteiger partial charge in [-0.15, -0.1) is 0 Å².